The summed E-state index contributed by atoms with van der Waals surface area (Å²) in [5.41, 5.74) is 1.16. The smallest absolute Gasteiger partial charge is 0.170 e. The third-order valence-corrected chi connectivity index (χ3v) is 2.51. The van der Waals surface area contributed by atoms with E-state index in [9.17, 15) is 9.59 Å². The molecule has 92 valence electrons. The van der Waals surface area contributed by atoms with Gasteiger partial charge in [0.05, 0.1) is 6.42 Å². The first-order valence-corrected chi connectivity index (χ1v) is 5.44. The topological polar surface area (TPSA) is 34.1 Å². The van der Waals surface area contributed by atoms with Crippen LogP contribution in [0.2, 0.25) is 0 Å². The number of carbonyl (C=O) groups is 2. The first-order chi connectivity index (χ1) is 8.27. The van der Waals surface area contributed by atoms with E-state index in [1.165, 1.54) is 0 Å². The van der Waals surface area contributed by atoms with E-state index in [2.05, 4.69) is 0 Å². The van der Waals surface area contributed by atoms with Crippen molar-refractivity contribution in [2.45, 2.75) is 6.42 Å². The van der Waals surface area contributed by atoms with Crippen LogP contribution in [0.5, 0.6) is 0 Å². The van der Waals surface area contributed by atoms with Gasteiger partial charge in [-0.1, -0.05) is 60.7 Å². The Bertz CT molecular complexity index is 471. The van der Waals surface area contributed by atoms with E-state index in [4.69, 9.17) is 0 Å². The second kappa shape index (κ2) is 6.87. The van der Waals surface area contributed by atoms with Crippen LogP contribution >= 0.6 is 17.0 Å². The molecule has 2 rings (SSSR count). The number of hydrogen-bond acceptors (Lipinski definition) is 2. The molecule has 0 aromatic heterocycles. The molecule has 0 heterocycles. The van der Waals surface area contributed by atoms with Crippen molar-refractivity contribution >= 4 is 28.5 Å². The van der Waals surface area contributed by atoms with Gasteiger partial charge in [0.25, 0.3) is 0 Å². The van der Waals surface area contributed by atoms with Gasteiger partial charge < -0.3 is 0 Å². The highest BCUT2D eigenvalue weighted by Gasteiger charge is 2.12. The number of halogens is 1. The van der Waals surface area contributed by atoms with E-state index in [0.717, 1.165) is 0 Å². The molecule has 0 saturated heterocycles. The summed E-state index contributed by atoms with van der Waals surface area (Å²) < 4.78 is 0. The quantitative estimate of drug-likeness (QED) is 0.637. The molecule has 2 aromatic carbocycles. The Kier molecular flexibility index (Phi) is 5.46. The molecule has 0 saturated carbocycles. The molecule has 0 spiro atoms. The summed E-state index contributed by atoms with van der Waals surface area (Å²) in [5, 5.41) is 0. The number of ketones is 2. The molecule has 0 unspecified atom stereocenters. The predicted molar refractivity (Wildman–Crippen MR) is 76.5 cm³/mol. The average molecular weight is 305 g/mol. The van der Waals surface area contributed by atoms with Gasteiger partial charge in [-0.3, -0.25) is 9.59 Å². The summed E-state index contributed by atoms with van der Waals surface area (Å²) in [4.78, 5) is 23.6. The maximum absolute atomic E-state index is 11.8. The van der Waals surface area contributed by atoms with Gasteiger partial charge in [-0.15, -0.1) is 17.0 Å². The molecule has 0 aliphatic heterocycles. The molecule has 0 aliphatic carbocycles. The number of carbonyl (C=O) groups excluding carboxylic acids is 2. The summed E-state index contributed by atoms with van der Waals surface area (Å²) in [5.74, 6) is -0.279. The Morgan fingerprint density at radius 1 is 0.667 bits per heavy atom. The van der Waals surface area contributed by atoms with Gasteiger partial charge in [0, 0.05) is 11.1 Å². The van der Waals surface area contributed by atoms with Crippen molar-refractivity contribution in [3.05, 3.63) is 71.8 Å². The molecule has 0 N–H and O–H groups in total. The van der Waals surface area contributed by atoms with Crippen LogP contribution in [0.25, 0.3) is 0 Å². The number of rotatable bonds is 4. The second-order valence-corrected chi connectivity index (χ2v) is 3.76. The number of Topliss-reactive ketones (excluding diaryl/α,β-unsaturated/α-hetero) is 2. The van der Waals surface area contributed by atoms with Crippen LogP contribution in [0, 0.1) is 0 Å². The summed E-state index contributed by atoms with van der Waals surface area (Å²) in [6.07, 6.45) is -0.0754. The molecule has 2 aromatic rings. The summed E-state index contributed by atoms with van der Waals surface area (Å²) in [7, 11) is 0. The van der Waals surface area contributed by atoms with E-state index in [0.29, 0.717) is 11.1 Å². The standard InChI is InChI=1S/C15H12O2.BrH/c16-14(12-7-3-1-4-8-12)11-15(17)13-9-5-2-6-10-13;/h1-10H,11H2;1H. The van der Waals surface area contributed by atoms with Gasteiger partial charge in [-0.2, -0.15) is 0 Å². The fourth-order valence-corrected chi connectivity index (χ4v) is 1.60. The highest BCUT2D eigenvalue weighted by Crippen LogP contribution is 2.08. The van der Waals surface area contributed by atoms with E-state index in [-0.39, 0.29) is 35.0 Å². The van der Waals surface area contributed by atoms with Crippen molar-refractivity contribution < 1.29 is 9.59 Å². The van der Waals surface area contributed by atoms with Crippen LogP contribution in [0.1, 0.15) is 27.1 Å². The van der Waals surface area contributed by atoms with Crippen molar-refractivity contribution in [1.82, 2.24) is 0 Å². The van der Waals surface area contributed by atoms with Crippen LogP contribution < -0.4 is 0 Å². The highest BCUT2D eigenvalue weighted by atomic mass is 79.9. The number of hydrogen-bond donors (Lipinski definition) is 0. The van der Waals surface area contributed by atoms with Crippen molar-refractivity contribution in [2.24, 2.45) is 0 Å². The van der Waals surface area contributed by atoms with Crippen molar-refractivity contribution in [1.29, 1.82) is 0 Å². The van der Waals surface area contributed by atoms with Crippen LogP contribution in [0.3, 0.4) is 0 Å². The van der Waals surface area contributed by atoms with Gasteiger partial charge in [-0.25, -0.2) is 0 Å². The monoisotopic (exact) mass is 304 g/mol. The lowest BCUT2D eigenvalue weighted by molar-refractivity contribution is 0.0894. The maximum atomic E-state index is 11.8. The third-order valence-electron chi connectivity index (χ3n) is 2.51. The normalized spacial score (nSPS) is 9.33. The minimum absolute atomic E-state index is 0. The molecule has 3 heteroatoms. The van der Waals surface area contributed by atoms with Crippen molar-refractivity contribution in [2.75, 3.05) is 0 Å². The fourth-order valence-electron chi connectivity index (χ4n) is 1.60. The Balaban J connectivity index is 0.00000162. The van der Waals surface area contributed by atoms with Crippen LogP contribution in [0.4, 0.5) is 0 Å². The van der Waals surface area contributed by atoms with E-state index >= 15 is 0 Å². The fraction of sp³-hybridized carbons (Fsp3) is 0.0667. The van der Waals surface area contributed by atoms with Gasteiger partial charge in [-0.05, 0) is 0 Å². The minimum atomic E-state index is -0.139. The highest BCUT2D eigenvalue weighted by molar-refractivity contribution is 8.93. The molecule has 0 fully saturated rings. The first kappa shape index (κ1) is 14.3. The Hall–Kier alpha value is -1.74. The maximum Gasteiger partial charge on any atom is 0.170 e. The Morgan fingerprint density at radius 2 is 1.00 bits per heavy atom. The first-order valence-electron chi connectivity index (χ1n) is 5.44. The van der Waals surface area contributed by atoms with E-state index in [1.54, 1.807) is 48.5 Å². The zero-order valence-corrected chi connectivity index (χ0v) is 11.4. The van der Waals surface area contributed by atoms with Crippen LogP contribution in [0.15, 0.2) is 60.7 Å². The molecule has 0 atom stereocenters. The average Bonchev–Trinajstić information content (AvgIpc) is 2.40. The van der Waals surface area contributed by atoms with Gasteiger partial charge in [0.15, 0.2) is 11.6 Å². The molecule has 0 bridgehead atoms. The van der Waals surface area contributed by atoms with Gasteiger partial charge in [0.1, 0.15) is 0 Å². The van der Waals surface area contributed by atoms with Crippen molar-refractivity contribution in [3.63, 3.8) is 0 Å². The SMILES string of the molecule is Br.O=C(CC(=O)c1ccccc1)c1ccccc1. The molecular weight excluding hydrogens is 292 g/mol. The minimum Gasteiger partial charge on any atom is -0.294 e. The van der Waals surface area contributed by atoms with E-state index in [1.807, 2.05) is 12.1 Å². The molecule has 2 nitrogen and oxygen atoms in total. The Labute approximate surface area is 116 Å². The Morgan fingerprint density at radius 3 is 1.33 bits per heavy atom. The zero-order valence-electron chi connectivity index (χ0n) is 9.71. The van der Waals surface area contributed by atoms with Crippen LogP contribution in [-0.4, -0.2) is 11.6 Å². The largest absolute Gasteiger partial charge is 0.294 e. The molecular formula is C15H13BrO2. The summed E-state index contributed by atoms with van der Waals surface area (Å²) in [6, 6.07) is 17.7. The molecule has 0 amide bonds. The van der Waals surface area contributed by atoms with Gasteiger partial charge >= 0.3 is 0 Å². The van der Waals surface area contributed by atoms with Gasteiger partial charge in [0.2, 0.25) is 0 Å². The lowest BCUT2D eigenvalue weighted by atomic mass is 10.0. The zero-order chi connectivity index (χ0) is 12.1. The third kappa shape index (κ3) is 3.64. The predicted octanol–water partition coefficient (Wildman–Crippen LogP) is 3.72. The van der Waals surface area contributed by atoms with Crippen molar-refractivity contribution in [3.8, 4) is 0 Å². The molecule has 0 radical (unpaired) electrons. The molecule has 18 heavy (non-hydrogen) atoms. The molecule has 0 aliphatic rings. The summed E-state index contributed by atoms with van der Waals surface area (Å²) >= 11 is 0. The van der Waals surface area contributed by atoms with Crippen LogP contribution in [-0.2, 0) is 0 Å². The number of benzene rings is 2. The van der Waals surface area contributed by atoms with E-state index < -0.39 is 0 Å². The lowest BCUT2D eigenvalue weighted by Crippen LogP contribution is -2.08. The lowest BCUT2D eigenvalue weighted by Gasteiger charge is -2.00. The summed E-state index contributed by atoms with van der Waals surface area (Å²) in [6.45, 7) is 0. The second-order valence-electron chi connectivity index (χ2n) is 3.76.